The molecule has 0 bridgehead atoms. The largest absolute Gasteiger partial charge is 0.496 e. The predicted octanol–water partition coefficient (Wildman–Crippen LogP) is 3.02. The standard InChI is InChI=1S/C18H21N3O3/c1-12(15-6-4-5-7-16(15)24-3)21(2)17(22)13-8-10-14(11-9-13)20-18(19)23/h4-12H,1-3H3,(H3,19,20,23)/t12-/m0/s1. The Bertz CT molecular complexity index is 729. The van der Waals surface area contributed by atoms with Gasteiger partial charge in [-0.05, 0) is 37.3 Å². The van der Waals surface area contributed by atoms with Crippen molar-refractivity contribution in [2.75, 3.05) is 19.5 Å². The average Bonchev–Trinajstić information content (AvgIpc) is 2.60. The molecule has 2 rings (SSSR count). The lowest BCUT2D eigenvalue weighted by Crippen LogP contribution is -2.30. The summed E-state index contributed by atoms with van der Waals surface area (Å²) in [5.41, 5.74) is 7.06. The van der Waals surface area contributed by atoms with Crippen molar-refractivity contribution in [2.24, 2.45) is 5.73 Å². The topological polar surface area (TPSA) is 84.7 Å². The van der Waals surface area contributed by atoms with Gasteiger partial charge >= 0.3 is 6.03 Å². The van der Waals surface area contributed by atoms with Crippen LogP contribution in [0, 0.1) is 0 Å². The molecular formula is C18H21N3O3. The first-order chi connectivity index (χ1) is 11.4. The van der Waals surface area contributed by atoms with E-state index in [0.717, 1.165) is 11.3 Å². The number of anilines is 1. The predicted molar refractivity (Wildman–Crippen MR) is 93.2 cm³/mol. The molecule has 0 aromatic heterocycles. The van der Waals surface area contributed by atoms with Crippen LogP contribution in [0.2, 0.25) is 0 Å². The molecule has 2 aromatic carbocycles. The smallest absolute Gasteiger partial charge is 0.316 e. The van der Waals surface area contributed by atoms with Crippen LogP contribution in [0.4, 0.5) is 10.5 Å². The summed E-state index contributed by atoms with van der Waals surface area (Å²) in [6, 6.07) is 13.4. The lowest BCUT2D eigenvalue weighted by Gasteiger charge is -2.26. The monoisotopic (exact) mass is 327 g/mol. The van der Waals surface area contributed by atoms with E-state index in [9.17, 15) is 9.59 Å². The Labute approximate surface area is 141 Å². The van der Waals surface area contributed by atoms with Gasteiger partial charge in [0.25, 0.3) is 5.91 Å². The maximum atomic E-state index is 12.7. The van der Waals surface area contributed by atoms with Crippen molar-refractivity contribution >= 4 is 17.6 Å². The number of primary amides is 1. The fourth-order valence-electron chi connectivity index (χ4n) is 2.44. The van der Waals surface area contributed by atoms with Gasteiger partial charge in [-0.3, -0.25) is 4.79 Å². The van der Waals surface area contributed by atoms with Crippen LogP contribution in [0.1, 0.15) is 28.9 Å². The minimum absolute atomic E-state index is 0.126. The van der Waals surface area contributed by atoms with Gasteiger partial charge in [0.2, 0.25) is 0 Å². The van der Waals surface area contributed by atoms with Gasteiger partial charge < -0.3 is 20.7 Å². The highest BCUT2D eigenvalue weighted by atomic mass is 16.5. The van der Waals surface area contributed by atoms with Crippen LogP contribution < -0.4 is 15.8 Å². The van der Waals surface area contributed by atoms with Crippen molar-refractivity contribution in [3.8, 4) is 5.75 Å². The second kappa shape index (κ2) is 7.50. The number of methoxy groups -OCH3 is 1. The minimum atomic E-state index is -0.643. The second-order valence-electron chi connectivity index (χ2n) is 5.40. The number of ether oxygens (including phenoxy) is 1. The van der Waals surface area contributed by atoms with Crippen LogP contribution in [-0.4, -0.2) is 31.0 Å². The number of nitrogens with zero attached hydrogens (tertiary/aromatic N) is 1. The molecule has 3 N–H and O–H groups in total. The van der Waals surface area contributed by atoms with Gasteiger partial charge in [0.05, 0.1) is 13.2 Å². The number of rotatable bonds is 5. The quantitative estimate of drug-likeness (QED) is 0.885. The normalized spacial score (nSPS) is 11.5. The van der Waals surface area contributed by atoms with Crippen molar-refractivity contribution in [1.29, 1.82) is 0 Å². The molecule has 0 aliphatic heterocycles. The van der Waals surface area contributed by atoms with Gasteiger partial charge in [-0.2, -0.15) is 0 Å². The van der Waals surface area contributed by atoms with Crippen LogP contribution in [0.3, 0.4) is 0 Å². The Hall–Kier alpha value is -3.02. The number of nitrogens with one attached hydrogen (secondary N) is 1. The number of nitrogens with two attached hydrogens (primary N) is 1. The highest BCUT2D eigenvalue weighted by Crippen LogP contribution is 2.29. The van der Waals surface area contributed by atoms with Crippen LogP contribution in [-0.2, 0) is 0 Å². The van der Waals surface area contributed by atoms with E-state index >= 15 is 0 Å². The van der Waals surface area contributed by atoms with Crippen LogP contribution in [0.25, 0.3) is 0 Å². The molecule has 0 fully saturated rings. The number of para-hydroxylation sites is 1. The Morgan fingerprint density at radius 1 is 1.12 bits per heavy atom. The molecule has 0 saturated heterocycles. The van der Waals surface area contributed by atoms with E-state index in [1.54, 1.807) is 43.3 Å². The van der Waals surface area contributed by atoms with Gasteiger partial charge in [-0.1, -0.05) is 18.2 Å². The van der Waals surface area contributed by atoms with E-state index in [0.29, 0.717) is 11.3 Å². The highest BCUT2D eigenvalue weighted by Gasteiger charge is 2.21. The average molecular weight is 327 g/mol. The second-order valence-corrected chi connectivity index (χ2v) is 5.40. The van der Waals surface area contributed by atoms with Crippen molar-refractivity contribution in [2.45, 2.75) is 13.0 Å². The summed E-state index contributed by atoms with van der Waals surface area (Å²) in [6.45, 7) is 1.94. The zero-order valence-electron chi connectivity index (χ0n) is 13.9. The zero-order chi connectivity index (χ0) is 17.7. The number of carbonyl (C=O) groups is 2. The van der Waals surface area contributed by atoms with Crippen molar-refractivity contribution < 1.29 is 14.3 Å². The van der Waals surface area contributed by atoms with E-state index in [4.69, 9.17) is 10.5 Å². The fourth-order valence-corrected chi connectivity index (χ4v) is 2.44. The first-order valence-corrected chi connectivity index (χ1v) is 7.50. The van der Waals surface area contributed by atoms with Gasteiger partial charge in [0, 0.05) is 23.9 Å². The van der Waals surface area contributed by atoms with E-state index in [1.807, 2.05) is 31.2 Å². The summed E-state index contributed by atoms with van der Waals surface area (Å²) in [4.78, 5) is 25.1. The molecule has 0 saturated carbocycles. The number of benzene rings is 2. The molecule has 6 heteroatoms. The molecule has 6 nitrogen and oxygen atoms in total. The first kappa shape index (κ1) is 17.3. The summed E-state index contributed by atoms with van der Waals surface area (Å²) >= 11 is 0. The van der Waals surface area contributed by atoms with Gasteiger partial charge in [0.1, 0.15) is 5.75 Å². The van der Waals surface area contributed by atoms with Crippen LogP contribution >= 0.6 is 0 Å². The number of carbonyl (C=O) groups excluding carboxylic acids is 2. The van der Waals surface area contributed by atoms with E-state index in [-0.39, 0.29) is 11.9 Å². The molecule has 0 spiro atoms. The van der Waals surface area contributed by atoms with Crippen molar-refractivity contribution in [1.82, 2.24) is 4.90 Å². The van der Waals surface area contributed by atoms with E-state index < -0.39 is 6.03 Å². The number of amides is 3. The van der Waals surface area contributed by atoms with Crippen LogP contribution in [0.15, 0.2) is 48.5 Å². The van der Waals surface area contributed by atoms with Gasteiger partial charge in [0.15, 0.2) is 0 Å². The Morgan fingerprint density at radius 2 is 1.75 bits per heavy atom. The Balaban J connectivity index is 2.17. The molecule has 0 heterocycles. The Kier molecular flexibility index (Phi) is 5.42. The number of hydrogen-bond donors (Lipinski definition) is 2. The lowest BCUT2D eigenvalue weighted by atomic mass is 10.0. The molecule has 24 heavy (non-hydrogen) atoms. The van der Waals surface area contributed by atoms with Crippen molar-refractivity contribution in [3.05, 3.63) is 59.7 Å². The third-order valence-corrected chi connectivity index (χ3v) is 3.89. The van der Waals surface area contributed by atoms with E-state index in [1.165, 1.54) is 0 Å². The maximum Gasteiger partial charge on any atom is 0.316 e. The lowest BCUT2D eigenvalue weighted by molar-refractivity contribution is 0.0741. The van der Waals surface area contributed by atoms with Gasteiger partial charge in [-0.15, -0.1) is 0 Å². The highest BCUT2D eigenvalue weighted by molar-refractivity contribution is 5.95. The maximum absolute atomic E-state index is 12.7. The summed E-state index contributed by atoms with van der Waals surface area (Å²) in [5, 5.41) is 2.46. The zero-order valence-corrected chi connectivity index (χ0v) is 13.9. The summed E-state index contributed by atoms with van der Waals surface area (Å²) in [7, 11) is 3.35. The van der Waals surface area contributed by atoms with Crippen molar-refractivity contribution in [3.63, 3.8) is 0 Å². The summed E-state index contributed by atoms with van der Waals surface area (Å²) < 4.78 is 5.36. The molecule has 2 aromatic rings. The first-order valence-electron chi connectivity index (χ1n) is 7.50. The molecule has 0 aliphatic carbocycles. The molecule has 0 aliphatic rings. The van der Waals surface area contributed by atoms with E-state index in [2.05, 4.69) is 5.32 Å². The fraction of sp³-hybridized carbons (Fsp3) is 0.222. The molecule has 0 radical (unpaired) electrons. The number of urea groups is 1. The Morgan fingerprint density at radius 3 is 2.33 bits per heavy atom. The summed E-state index contributed by atoms with van der Waals surface area (Å²) in [6.07, 6.45) is 0. The SMILES string of the molecule is COc1ccccc1[C@H](C)N(C)C(=O)c1ccc(NC(N)=O)cc1. The molecule has 126 valence electrons. The molecule has 1 atom stereocenters. The summed E-state index contributed by atoms with van der Waals surface area (Å²) in [5.74, 6) is 0.615. The molecular weight excluding hydrogens is 306 g/mol. The molecule has 0 unspecified atom stereocenters. The molecule has 3 amide bonds. The van der Waals surface area contributed by atoms with Crippen LogP contribution in [0.5, 0.6) is 5.75 Å². The third-order valence-electron chi connectivity index (χ3n) is 3.89. The third kappa shape index (κ3) is 3.84. The minimum Gasteiger partial charge on any atom is -0.496 e. The number of hydrogen-bond acceptors (Lipinski definition) is 3. The van der Waals surface area contributed by atoms with Gasteiger partial charge in [-0.25, -0.2) is 4.79 Å².